The van der Waals surface area contributed by atoms with Gasteiger partial charge in [-0.25, -0.2) is 0 Å². The highest BCUT2D eigenvalue weighted by atomic mass is 14.9. The van der Waals surface area contributed by atoms with Crippen LogP contribution >= 0.6 is 0 Å². The summed E-state index contributed by atoms with van der Waals surface area (Å²) in [6, 6.07) is 50.7. The molecule has 6 aromatic rings. The van der Waals surface area contributed by atoms with Crippen LogP contribution in [0.1, 0.15) is 27.8 Å². The number of hydrogen-bond acceptors (Lipinski definition) is 1. The predicted molar refractivity (Wildman–Crippen MR) is 169 cm³/mol. The van der Waals surface area contributed by atoms with Crippen molar-refractivity contribution in [3.8, 4) is 33.4 Å². The average molecular weight is 514 g/mol. The van der Waals surface area contributed by atoms with E-state index in [9.17, 15) is 0 Å². The summed E-state index contributed by atoms with van der Waals surface area (Å²) in [5.41, 5.74) is 16.6. The fraction of sp³-hybridized carbons (Fsp3) is 0.0769. The first-order chi connectivity index (χ1) is 19.7. The fourth-order valence-electron chi connectivity index (χ4n) is 6.13. The number of nitrogens with one attached hydrogen (secondary N) is 1. The molecule has 0 aliphatic heterocycles. The quantitative estimate of drug-likeness (QED) is 0.248. The summed E-state index contributed by atoms with van der Waals surface area (Å²) in [4.78, 5) is 0. The minimum atomic E-state index is 0.871. The van der Waals surface area contributed by atoms with Crippen LogP contribution in [0.25, 0.3) is 33.4 Å². The van der Waals surface area contributed by atoms with Crippen LogP contribution in [0, 0.1) is 6.92 Å². The number of benzene rings is 6. The summed E-state index contributed by atoms with van der Waals surface area (Å²) in [6.45, 7) is 2.19. The summed E-state index contributed by atoms with van der Waals surface area (Å²) < 4.78 is 0. The first kappa shape index (κ1) is 24.2. The molecule has 0 radical (unpaired) electrons. The molecule has 0 aromatic heterocycles. The second-order valence-corrected chi connectivity index (χ2v) is 10.7. The van der Waals surface area contributed by atoms with Gasteiger partial charge >= 0.3 is 0 Å². The normalized spacial score (nSPS) is 11.9. The van der Waals surface area contributed by atoms with Crippen molar-refractivity contribution in [2.24, 2.45) is 0 Å². The van der Waals surface area contributed by atoms with Gasteiger partial charge in [-0.1, -0.05) is 121 Å². The van der Waals surface area contributed by atoms with E-state index < -0.39 is 0 Å². The maximum absolute atomic E-state index is 3.85. The van der Waals surface area contributed by atoms with Crippen molar-refractivity contribution in [2.75, 3.05) is 5.32 Å². The Balaban J connectivity index is 1.38. The molecule has 0 unspecified atom stereocenters. The molecule has 1 aliphatic rings. The molecular weight excluding hydrogens is 482 g/mol. The molecule has 6 aromatic carbocycles. The van der Waals surface area contributed by atoms with Crippen LogP contribution in [0.3, 0.4) is 0 Å². The molecule has 1 aliphatic carbocycles. The molecule has 0 atom stereocenters. The molecule has 192 valence electrons. The van der Waals surface area contributed by atoms with Crippen LogP contribution in [0.4, 0.5) is 11.4 Å². The zero-order valence-electron chi connectivity index (χ0n) is 22.7. The second-order valence-electron chi connectivity index (χ2n) is 10.7. The predicted octanol–water partition coefficient (Wildman–Crippen LogP) is 10.2. The van der Waals surface area contributed by atoms with Crippen LogP contribution in [0.5, 0.6) is 0 Å². The van der Waals surface area contributed by atoms with E-state index in [2.05, 4.69) is 152 Å². The third kappa shape index (κ3) is 4.50. The Hall–Kier alpha value is -4.88. The Morgan fingerprint density at radius 2 is 0.975 bits per heavy atom. The smallest absolute Gasteiger partial charge is 0.0467 e. The van der Waals surface area contributed by atoms with E-state index in [0.29, 0.717) is 0 Å². The minimum absolute atomic E-state index is 0.871. The molecule has 0 saturated carbocycles. The molecule has 7 rings (SSSR count). The Kier molecular flexibility index (Phi) is 6.26. The Morgan fingerprint density at radius 3 is 1.65 bits per heavy atom. The highest BCUT2D eigenvalue weighted by Crippen LogP contribution is 2.41. The molecule has 40 heavy (non-hydrogen) atoms. The topological polar surface area (TPSA) is 12.0 Å². The SMILES string of the molecule is Cc1cc(-c2ccccc2)ccc1Nc1cccc2c1-c1ccccc1Cc1ccccc1-c1ccccc1C2. The summed E-state index contributed by atoms with van der Waals surface area (Å²) in [5.74, 6) is 0. The minimum Gasteiger partial charge on any atom is -0.355 e. The number of aryl methyl sites for hydroxylation is 1. The highest BCUT2D eigenvalue weighted by Gasteiger charge is 2.20. The van der Waals surface area contributed by atoms with Gasteiger partial charge in [0.25, 0.3) is 0 Å². The van der Waals surface area contributed by atoms with Gasteiger partial charge in [0.1, 0.15) is 0 Å². The van der Waals surface area contributed by atoms with Crippen LogP contribution < -0.4 is 5.32 Å². The second kappa shape index (κ2) is 10.4. The standard InChI is InChI=1S/C39H31N/c1-27-24-29(28-12-3-2-4-13-28)22-23-37(27)40-38-21-11-17-33-26-31-15-6-9-19-35(31)34-18-8-5-14-30(34)25-32-16-7-10-20-36(32)39(33)38/h2-24,40H,25-26H2,1H3. The van der Waals surface area contributed by atoms with E-state index in [1.54, 1.807) is 0 Å². The van der Waals surface area contributed by atoms with Crippen molar-refractivity contribution in [1.82, 2.24) is 0 Å². The summed E-state index contributed by atoms with van der Waals surface area (Å²) >= 11 is 0. The van der Waals surface area contributed by atoms with Gasteiger partial charge in [-0.2, -0.15) is 0 Å². The molecule has 0 heterocycles. The maximum atomic E-state index is 3.85. The molecule has 1 nitrogen and oxygen atoms in total. The molecule has 1 heteroatoms. The van der Waals surface area contributed by atoms with Gasteiger partial charge < -0.3 is 5.32 Å². The molecule has 0 saturated heterocycles. The lowest BCUT2D eigenvalue weighted by Gasteiger charge is -2.23. The molecule has 0 fully saturated rings. The van der Waals surface area contributed by atoms with E-state index in [-0.39, 0.29) is 0 Å². The van der Waals surface area contributed by atoms with Crippen molar-refractivity contribution >= 4 is 11.4 Å². The average Bonchev–Trinajstić information content (AvgIpc) is 3.00. The summed E-state index contributed by atoms with van der Waals surface area (Å²) in [6.07, 6.45) is 1.76. The van der Waals surface area contributed by atoms with Crippen LogP contribution in [-0.4, -0.2) is 0 Å². The fourth-order valence-corrected chi connectivity index (χ4v) is 6.13. The Morgan fingerprint density at radius 1 is 0.425 bits per heavy atom. The Bertz CT molecular complexity index is 1830. The van der Waals surface area contributed by atoms with Gasteiger partial charge in [0, 0.05) is 16.9 Å². The zero-order chi connectivity index (χ0) is 26.9. The lowest BCUT2D eigenvalue weighted by molar-refractivity contribution is 1.15. The number of fused-ring (bicyclic) bond motifs is 6. The van der Waals surface area contributed by atoms with Crippen LogP contribution in [0.15, 0.2) is 140 Å². The number of rotatable bonds is 3. The van der Waals surface area contributed by atoms with Crippen molar-refractivity contribution < 1.29 is 0 Å². The van der Waals surface area contributed by atoms with Crippen LogP contribution in [0.2, 0.25) is 0 Å². The van der Waals surface area contributed by atoms with Crippen molar-refractivity contribution in [3.63, 3.8) is 0 Å². The third-order valence-electron chi connectivity index (χ3n) is 8.13. The van der Waals surface area contributed by atoms with Gasteiger partial charge in [-0.05, 0) is 93.6 Å². The third-order valence-corrected chi connectivity index (χ3v) is 8.13. The van der Waals surface area contributed by atoms with E-state index >= 15 is 0 Å². The van der Waals surface area contributed by atoms with Gasteiger partial charge in [0.2, 0.25) is 0 Å². The van der Waals surface area contributed by atoms with E-state index in [1.165, 1.54) is 61.2 Å². The summed E-state index contributed by atoms with van der Waals surface area (Å²) in [7, 11) is 0. The van der Waals surface area contributed by atoms with Crippen LogP contribution in [-0.2, 0) is 12.8 Å². The molecule has 1 N–H and O–H groups in total. The van der Waals surface area contributed by atoms with Crippen molar-refractivity contribution in [1.29, 1.82) is 0 Å². The first-order valence-corrected chi connectivity index (χ1v) is 14.0. The van der Waals surface area contributed by atoms with Gasteiger partial charge in [-0.15, -0.1) is 0 Å². The molecular formula is C39H31N. The first-order valence-electron chi connectivity index (χ1n) is 14.0. The van der Waals surface area contributed by atoms with Gasteiger partial charge in [-0.3, -0.25) is 0 Å². The molecule has 0 spiro atoms. The lowest BCUT2D eigenvalue weighted by Crippen LogP contribution is -2.05. The van der Waals surface area contributed by atoms with Gasteiger partial charge in [0.15, 0.2) is 0 Å². The number of anilines is 2. The number of hydrogen-bond donors (Lipinski definition) is 1. The van der Waals surface area contributed by atoms with E-state index in [1.807, 2.05) is 0 Å². The largest absolute Gasteiger partial charge is 0.355 e. The lowest BCUT2D eigenvalue weighted by atomic mass is 9.83. The maximum Gasteiger partial charge on any atom is 0.0467 e. The molecule has 0 amide bonds. The Labute approximate surface area is 236 Å². The van der Waals surface area contributed by atoms with E-state index in [4.69, 9.17) is 0 Å². The van der Waals surface area contributed by atoms with Gasteiger partial charge in [0.05, 0.1) is 0 Å². The monoisotopic (exact) mass is 513 g/mol. The summed E-state index contributed by atoms with van der Waals surface area (Å²) in [5, 5.41) is 3.85. The van der Waals surface area contributed by atoms with Crippen molar-refractivity contribution in [3.05, 3.63) is 167 Å². The highest BCUT2D eigenvalue weighted by molar-refractivity contribution is 5.87. The van der Waals surface area contributed by atoms with E-state index in [0.717, 1.165) is 24.2 Å². The molecule has 0 bridgehead atoms. The van der Waals surface area contributed by atoms with Crippen molar-refractivity contribution in [2.45, 2.75) is 19.8 Å². The zero-order valence-corrected chi connectivity index (χ0v) is 22.7.